The summed E-state index contributed by atoms with van der Waals surface area (Å²) < 4.78 is 0. The van der Waals surface area contributed by atoms with E-state index in [2.05, 4.69) is 29.8 Å². The van der Waals surface area contributed by atoms with Gasteiger partial charge in [0.25, 0.3) is 0 Å². The van der Waals surface area contributed by atoms with Crippen LogP contribution in [0.2, 0.25) is 0 Å². The highest BCUT2D eigenvalue weighted by atomic mass is 15.2. The van der Waals surface area contributed by atoms with Crippen molar-refractivity contribution in [1.82, 2.24) is 4.98 Å². The Hall–Kier alpha value is -1.56. The smallest absolute Gasteiger partial charge is 0.145 e. The first kappa shape index (κ1) is 11.9. The molecule has 0 radical (unpaired) electrons. The SMILES string of the molecule is Cc1ccc(N2CCCC(C)(C)C2)nc1C#N. The number of rotatable bonds is 1. The average Bonchev–Trinajstić information content (AvgIpc) is 2.28. The van der Waals surface area contributed by atoms with E-state index in [1.807, 2.05) is 19.1 Å². The normalized spacial score (nSPS) is 18.8. The fraction of sp³-hybridized carbons (Fsp3) is 0.571. The van der Waals surface area contributed by atoms with Gasteiger partial charge >= 0.3 is 0 Å². The van der Waals surface area contributed by atoms with E-state index in [0.29, 0.717) is 11.1 Å². The Labute approximate surface area is 103 Å². The fourth-order valence-corrected chi connectivity index (χ4v) is 2.43. The van der Waals surface area contributed by atoms with E-state index in [0.717, 1.165) is 24.5 Å². The third-order valence-corrected chi connectivity index (χ3v) is 3.41. The maximum Gasteiger partial charge on any atom is 0.145 e. The first-order chi connectivity index (χ1) is 8.02. The van der Waals surface area contributed by atoms with Gasteiger partial charge in [0, 0.05) is 13.1 Å². The highest BCUT2D eigenvalue weighted by Gasteiger charge is 2.27. The fourth-order valence-electron chi connectivity index (χ4n) is 2.43. The number of aromatic nitrogens is 1. The summed E-state index contributed by atoms with van der Waals surface area (Å²) in [5, 5.41) is 9.01. The number of piperidine rings is 1. The van der Waals surface area contributed by atoms with Crippen LogP contribution in [0.5, 0.6) is 0 Å². The van der Waals surface area contributed by atoms with Crippen LogP contribution in [0.4, 0.5) is 5.82 Å². The molecule has 1 saturated heterocycles. The number of hydrogen-bond donors (Lipinski definition) is 0. The molecule has 0 unspecified atom stereocenters. The molecule has 2 rings (SSSR count). The molecule has 17 heavy (non-hydrogen) atoms. The summed E-state index contributed by atoms with van der Waals surface area (Å²) in [6.07, 6.45) is 2.46. The van der Waals surface area contributed by atoms with Gasteiger partial charge in [0.05, 0.1) is 0 Å². The van der Waals surface area contributed by atoms with E-state index in [1.165, 1.54) is 12.8 Å². The topological polar surface area (TPSA) is 39.9 Å². The van der Waals surface area contributed by atoms with Gasteiger partial charge in [0.2, 0.25) is 0 Å². The Balaban J connectivity index is 2.26. The highest BCUT2D eigenvalue weighted by molar-refractivity contribution is 5.45. The van der Waals surface area contributed by atoms with E-state index in [9.17, 15) is 0 Å². The van der Waals surface area contributed by atoms with Crippen LogP contribution in [-0.2, 0) is 0 Å². The Morgan fingerprint density at radius 3 is 2.82 bits per heavy atom. The van der Waals surface area contributed by atoms with Crippen molar-refractivity contribution in [2.45, 2.75) is 33.6 Å². The second-order valence-electron chi connectivity index (χ2n) is 5.64. The van der Waals surface area contributed by atoms with Crippen molar-refractivity contribution < 1.29 is 0 Å². The minimum Gasteiger partial charge on any atom is -0.356 e. The molecule has 0 spiro atoms. The van der Waals surface area contributed by atoms with E-state index in [1.54, 1.807) is 0 Å². The van der Waals surface area contributed by atoms with Crippen LogP contribution in [-0.4, -0.2) is 18.1 Å². The third kappa shape index (κ3) is 2.58. The Kier molecular flexibility index (Phi) is 3.06. The molecular formula is C14H19N3. The lowest BCUT2D eigenvalue weighted by molar-refractivity contribution is 0.292. The highest BCUT2D eigenvalue weighted by Crippen LogP contribution is 2.30. The van der Waals surface area contributed by atoms with Crippen LogP contribution in [0, 0.1) is 23.7 Å². The van der Waals surface area contributed by atoms with Crippen molar-refractivity contribution in [2.24, 2.45) is 5.41 Å². The summed E-state index contributed by atoms with van der Waals surface area (Å²) in [6.45, 7) is 8.57. The monoisotopic (exact) mass is 229 g/mol. The summed E-state index contributed by atoms with van der Waals surface area (Å²) in [7, 11) is 0. The van der Waals surface area contributed by atoms with Crippen molar-refractivity contribution in [3.63, 3.8) is 0 Å². The summed E-state index contributed by atoms with van der Waals surface area (Å²) in [5.74, 6) is 0.944. The second-order valence-corrected chi connectivity index (χ2v) is 5.64. The van der Waals surface area contributed by atoms with Crippen LogP contribution < -0.4 is 4.90 Å². The average molecular weight is 229 g/mol. The molecular weight excluding hydrogens is 210 g/mol. The molecule has 3 heteroatoms. The minimum atomic E-state index is 0.345. The molecule has 3 nitrogen and oxygen atoms in total. The Morgan fingerprint density at radius 1 is 1.41 bits per heavy atom. The van der Waals surface area contributed by atoms with Crippen LogP contribution in [0.15, 0.2) is 12.1 Å². The van der Waals surface area contributed by atoms with Gasteiger partial charge in [0.1, 0.15) is 17.6 Å². The molecule has 2 heterocycles. The van der Waals surface area contributed by atoms with E-state index < -0.39 is 0 Å². The van der Waals surface area contributed by atoms with Gasteiger partial charge in [0.15, 0.2) is 0 Å². The quantitative estimate of drug-likeness (QED) is 0.743. The zero-order chi connectivity index (χ0) is 12.5. The molecule has 1 aromatic heterocycles. The molecule has 0 atom stereocenters. The van der Waals surface area contributed by atoms with Crippen LogP contribution in [0.1, 0.15) is 37.9 Å². The molecule has 0 aliphatic carbocycles. The Morgan fingerprint density at radius 2 is 2.18 bits per heavy atom. The molecule has 1 aliphatic rings. The molecule has 0 N–H and O–H groups in total. The largest absolute Gasteiger partial charge is 0.356 e. The van der Waals surface area contributed by atoms with Gasteiger partial charge in [-0.3, -0.25) is 0 Å². The molecule has 0 aromatic carbocycles. The summed E-state index contributed by atoms with van der Waals surface area (Å²) >= 11 is 0. The van der Waals surface area contributed by atoms with Crippen LogP contribution in [0.25, 0.3) is 0 Å². The summed E-state index contributed by atoms with van der Waals surface area (Å²) in [4.78, 5) is 6.74. The molecule has 90 valence electrons. The molecule has 0 amide bonds. The predicted molar refractivity (Wildman–Crippen MR) is 68.9 cm³/mol. The van der Waals surface area contributed by atoms with E-state index in [4.69, 9.17) is 5.26 Å². The van der Waals surface area contributed by atoms with Gasteiger partial charge in [-0.1, -0.05) is 19.9 Å². The number of hydrogen-bond acceptors (Lipinski definition) is 3. The number of nitriles is 1. The second kappa shape index (κ2) is 4.37. The minimum absolute atomic E-state index is 0.345. The maximum atomic E-state index is 9.01. The van der Waals surface area contributed by atoms with Gasteiger partial charge < -0.3 is 4.90 Å². The predicted octanol–water partition coefficient (Wildman–Crippen LogP) is 2.89. The lowest BCUT2D eigenvalue weighted by Gasteiger charge is -2.38. The first-order valence-corrected chi connectivity index (χ1v) is 6.14. The number of nitrogens with zero attached hydrogens (tertiary/aromatic N) is 3. The lowest BCUT2D eigenvalue weighted by Crippen LogP contribution is -2.40. The number of pyridine rings is 1. The Bertz CT molecular complexity index is 457. The maximum absolute atomic E-state index is 9.01. The van der Waals surface area contributed by atoms with Crippen molar-refractivity contribution >= 4 is 5.82 Å². The van der Waals surface area contributed by atoms with Crippen LogP contribution in [0.3, 0.4) is 0 Å². The van der Waals surface area contributed by atoms with E-state index in [-0.39, 0.29) is 0 Å². The van der Waals surface area contributed by atoms with Gasteiger partial charge in [-0.25, -0.2) is 4.98 Å². The number of anilines is 1. The third-order valence-electron chi connectivity index (χ3n) is 3.41. The first-order valence-electron chi connectivity index (χ1n) is 6.14. The summed E-state index contributed by atoms with van der Waals surface area (Å²) in [6, 6.07) is 6.17. The summed E-state index contributed by atoms with van der Waals surface area (Å²) in [5.41, 5.74) is 1.84. The standard InChI is InChI=1S/C14H19N3/c1-11-5-6-13(16-12(11)9-15)17-8-4-7-14(2,3)10-17/h5-6H,4,7-8,10H2,1-3H3. The van der Waals surface area contributed by atoms with Gasteiger partial charge in [-0.15, -0.1) is 0 Å². The lowest BCUT2D eigenvalue weighted by atomic mass is 9.84. The molecule has 1 fully saturated rings. The zero-order valence-electron chi connectivity index (χ0n) is 10.8. The van der Waals surface area contributed by atoms with E-state index >= 15 is 0 Å². The number of aryl methyl sites for hydroxylation is 1. The van der Waals surface area contributed by atoms with Crippen LogP contribution >= 0.6 is 0 Å². The molecule has 0 saturated carbocycles. The van der Waals surface area contributed by atoms with Crippen molar-refractivity contribution in [3.05, 3.63) is 23.4 Å². The molecule has 1 aliphatic heterocycles. The van der Waals surface area contributed by atoms with Crippen molar-refractivity contribution in [3.8, 4) is 6.07 Å². The zero-order valence-corrected chi connectivity index (χ0v) is 10.8. The molecule has 1 aromatic rings. The van der Waals surface area contributed by atoms with Crippen molar-refractivity contribution in [1.29, 1.82) is 5.26 Å². The van der Waals surface area contributed by atoms with Gasteiger partial charge in [-0.2, -0.15) is 5.26 Å². The molecule has 0 bridgehead atoms. The van der Waals surface area contributed by atoms with Gasteiger partial charge in [-0.05, 0) is 36.8 Å². The van der Waals surface area contributed by atoms with Crippen molar-refractivity contribution in [2.75, 3.05) is 18.0 Å².